The summed E-state index contributed by atoms with van der Waals surface area (Å²) < 4.78 is 0. The van der Waals surface area contributed by atoms with Gasteiger partial charge in [0.05, 0.1) is 11.6 Å². The Balaban J connectivity index is 2.32. The van der Waals surface area contributed by atoms with Crippen molar-refractivity contribution in [2.75, 3.05) is 4.90 Å². The molecule has 0 bridgehead atoms. The highest BCUT2D eigenvalue weighted by Gasteiger charge is 2.31. The minimum Gasteiger partial charge on any atom is -0.392 e. The molecule has 2 rings (SSSR count). The number of aliphatic hydroxyl groups excluding tert-OH is 1. The van der Waals surface area contributed by atoms with Crippen molar-refractivity contribution in [1.29, 1.82) is 0 Å². The Bertz CT molecular complexity index is 397. The van der Waals surface area contributed by atoms with E-state index in [0.717, 1.165) is 17.8 Å². The number of hydrogen-bond acceptors (Lipinski definition) is 3. The van der Waals surface area contributed by atoms with Gasteiger partial charge in [-0.25, -0.2) is 4.98 Å². The first-order valence-corrected chi connectivity index (χ1v) is 6.58. The number of nitrogens with zero attached hydrogens (tertiary/aromatic N) is 2. The van der Waals surface area contributed by atoms with Crippen LogP contribution in [-0.2, 0) is 6.61 Å². The minimum absolute atomic E-state index is 0.0141. The first kappa shape index (κ1) is 12.7. The average Bonchev–Trinajstić information content (AvgIpc) is 2.70. The number of hydrogen-bond donors (Lipinski definition) is 1. The van der Waals surface area contributed by atoms with Gasteiger partial charge in [0.2, 0.25) is 0 Å². The van der Waals surface area contributed by atoms with Gasteiger partial charge in [0.1, 0.15) is 5.82 Å². The van der Waals surface area contributed by atoms with Crippen LogP contribution in [0.5, 0.6) is 0 Å². The van der Waals surface area contributed by atoms with E-state index in [9.17, 15) is 0 Å². The average molecular weight is 255 g/mol. The molecule has 2 unspecified atom stereocenters. The summed E-state index contributed by atoms with van der Waals surface area (Å²) in [6.45, 7) is 4.40. The molecule has 94 valence electrons. The normalized spacial score (nSPS) is 24.4. The van der Waals surface area contributed by atoms with Crippen LogP contribution in [0.15, 0.2) is 12.3 Å². The van der Waals surface area contributed by atoms with Crippen LogP contribution in [0.3, 0.4) is 0 Å². The second kappa shape index (κ2) is 5.23. The Labute approximate surface area is 107 Å². The van der Waals surface area contributed by atoms with Gasteiger partial charge in [0.15, 0.2) is 0 Å². The second-order valence-electron chi connectivity index (χ2n) is 4.70. The summed E-state index contributed by atoms with van der Waals surface area (Å²) in [5.74, 6) is 0.862. The van der Waals surface area contributed by atoms with Gasteiger partial charge in [0, 0.05) is 18.3 Å². The number of aliphatic hydroxyl groups is 1. The monoisotopic (exact) mass is 254 g/mol. The van der Waals surface area contributed by atoms with Gasteiger partial charge in [-0.2, -0.15) is 0 Å². The fraction of sp³-hybridized carbons (Fsp3) is 0.615. The van der Waals surface area contributed by atoms with Crippen molar-refractivity contribution in [3.8, 4) is 0 Å². The minimum atomic E-state index is -0.0141. The fourth-order valence-electron chi connectivity index (χ4n) is 2.60. The molecule has 0 spiro atoms. The molecule has 0 radical (unpaired) electrons. The molecule has 1 aromatic heterocycles. The molecule has 0 saturated carbocycles. The van der Waals surface area contributed by atoms with Crippen molar-refractivity contribution >= 4 is 17.4 Å². The number of pyridine rings is 1. The van der Waals surface area contributed by atoms with Crippen LogP contribution < -0.4 is 4.90 Å². The van der Waals surface area contributed by atoms with Gasteiger partial charge in [-0.05, 0) is 37.8 Å². The zero-order valence-electron chi connectivity index (χ0n) is 10.4. The number of anilines is 1. The topological polar surface area (TPSA) is 36.4 Å². The Morgan fingerprint density at radius 3 is 2.88 bits per heavy atom. The van der Waals surface area contributed by atoms with E-state index in [1.54, 1.807) is 6.20 Å². The zero-order valence-corrected chi connectivity index (χ0v) is 11.1. The van der Waals surface area contributed by atoms with E-state index < -0.39 is 0 Å². The summed E-state index contributed by atoms with van der Waals surface area (Å²) in [5, 5.41) is 9.70. The molecule has 1 aromatic rings. The van der Waals surface area contributed by atoms with Crippen molar-refractivity contribution in [2.24, 2.45) is 0 Å². The predicted octanol–water partition coefficient (Wildman–Crippen LogP) is 2.99. The van der Waals surface area contributed by atoms with Crippen LogP contribution >= 0.6 is 11.6 Å². The third kappa shape index (κ3) is 2.40. The summed E-state index contributed by atoms with van der Waals surface area (Å²) in [7, 11) is 0. The quantitative estimate of drug-likeness (QED) is 0.901. The molecule has 2 heterocycles. The Morgan fingerprint density at radius 1 is 1.53 bits per heavy atom. The van der Waals surface area contributed by atoms with Crippen molar-refractivity contribution in [1.82, 2.24) is 4.98 Å². The highest BCUT2D eigenvalue weighted by atomic mass is 35.5. The zero-order chi connectivity index (χ0) is 12.4. The molecule has 0 amide bonds. The van der Waals surface area contributed by atoms with Crippen molar-refractivity contribution in [3.63, 3.8) is 0 Å². The second-order valence-corrected chi connectivity index (χ2v) is 5.11. The first-order chi connectivity index (χ1) is 8.17. The molecule has 1 aliphatic heterocycles. The molecule has 0 aromatic carbocycles. The standard InChI is InChI=1S/C13H19ClN2O/c1-3-11-5-4-9(2)16(11)13-12(14)6-10(8-17)7-15-13/h6-7,9,11,17H,3-5,8H2,1-2H3. The number of rotatable bonds is 3. The maximum Gasteiger partial charge on any atom is 0.147 e. The van der Waals surface area contributed by atoms with Crippen LogP contribution in [-0.4, -0.2) is 22.2 Å². The summed E-state index contributed by atoms with van der Waals surface area (Å²) in [6, 6.07) is 2.83. The summed E-state index contributed by atoms with van der Waals surface area (Å²) in [6.07, 6.45) is 5.22. The highest BCUT2D eigenvalue weighted by molar-refractivity contribution is 6.33. The summed E-state index contributed by atoms with van der Waals surface area (Å²) in [4.78, 5) is 6.74. The number of aromatic nitrogens is 1. The first-order valence-electron chi connectivity index (χ1n) is 6.21. The van der Waals surface area contributed by atoms with Crippen LogP contribution in [0.2, 0.25) is 5.02 Å². The van der Waals surface area contributed by atoms with Gasteiger partial charge in [-0.1, -0.05) is 18.5 Å². The maximum atomic E-state index is 9.06. The van der Waals surface area contributed by atoms with Crippen LogP contribution in [0, 0.1) is 0 Å². The molecule has 17 heavy (non-hydrogen) atoms. The Hall–Kier alpha value is -0.800. The molecule has 3 nitrogen and oxygen atoms in total. The largest absolute Gasteiger partial charge is 0.392 e. The van der Waals surface area contributed by atoms with E-state index in [1.807, 2.05) is 6.07 Å². The van der Waals surface area contributed by atoms with Crippen molar-refractivity contribution in [2.45, 2.75) is 51.8 Å². The summed E-state index contributed by atoms with van der Waals surface area (Å²) in [5.41, 5.74) is 0.763. The SMILES string of the molecule is CCC1CCC(C)N1c1ncc(CO)cc1Cl. The van der Waals surface area contributed by atoms with Gasteiger partial charge >= 0.3 is 0 Å². The fourth-order valence-corrected chi connectivity index (χ4v) is 2.89. The van der Waals surface area contributed by atoms with Crippen molar-refractivity contribution in [3.05, 3.63) is 22.8 Å². The van der Waals surface area contributed by atoms with Gasteiger partial charge in [0.25, 0.3) is 0 Å². The molecule has 1 saturated heterocycles. The van der Waals surface area contributed by atoms with Gasteiger partial charge < -0.3 is 10.0 Å². The van der Waals surface area contributed by atoms with Crippen LogP contribution in [0.4, 0.5) is 5.82 Å². The number of halogens is 1. The van der Waals surface area contributed by atoms with E-state index in [-0.39, 0.29) is 6.61 Å². The molecule has 0 aliphatic carbocycles. The molecule has 1 fully saturated rings. The van der Waals surface area contributed by atoms with Crippen molar-refractivity contribution < 1.29 is 5.11 Å². The smallest absolute Gasteiger partial charge is 0.147 e. The van der Waals surface area contributed by atoms with Crippen LogP contribution in [0.1, 0.15) is 38.7 Å². The van der Waals surface area contributed by atoms with E-state index in [4.69, 9.17) is 16.7 Å². The Morgan fingerprint density at radius 2 is 2.29 bits per heavy atom. The van der Waals surface area contributed by atoms with Gasteiger partial charge in [-0.3, -0.25) is 0 Å². The van der Waals surface area contributed by atoms with Gasteiger partial charge in [-0.15, -0.1) is 0 Å². The third-order valence-corrected chi connectivity index (χ3v) is 3.84. The Kier molecular flexibility index (Phi) is 3.89. The van der Waals surface area contributed by atoms with E-state index in [1.165, 1.54) is 12.8 Å². The maximum absolute atomic E-state index is 9.06. The van der Waals surface area contributed by atoms with E-state index in [2.05, 4.69) is 23.7 Å². The lowest BCUT2D eigenvalue weighted by molar-refractivity contribution is 0.281. The van der Waals surface area contributed by atoms with E-state index in [0.29, 0.717) is 17.1 Å². The van der Waals surface area contributed by atoms with Crippen LogP contribution in [0.25, 0.3) is 0 Å². The summed E-state index contributed by atoms with van der Waals surface area (Å²) >= 11 is 6.26. The highest BCUT2D eigenvalue weighted by Crippen LogP contribution is 2.35. The van der Waals surface area contributed by atoms with E-state index >= 15 is 0 Å². The molecule has 4 heteroatoms. The lowest BCUT2D eigenvalue weighted by atomic mass is 10.1. The molecular weight excluding hydrogens is 236 g/mol. The molecule has 2 atom stereocenters. The lowest BCUT2D eigenvalue weighted by Crippen LogP contribution is -2.35. The predicted molar refractivity (Wildman–Crippen MR) is 70.4 cm³/mol. The lowest BCUT2D eigenvalue weighted by Gasteiger charge is -2.30. The third-order valence-electron chi connectivity index (χ3n) is 3.56. The molecule has 1 aliphatic rings. The molecule has 1 N–H and O–H groups in total. The molecular formula is C13H19ClN2O.